The molecule has 0 saturated carbocycles. The highest BCUT2D eigenvalue weighted by molar-refractivity contribution is 14.1. The molecule has 0 aromatic carbocycles. The summed E-state index contributed by atoms with van der Waals surface area (Å²) in [6, 6.07) is 1.13. The minimum Gasteiger partial charge on any atom is -0.218 e. The summed E-state index contributed by atoms with van der Waals surface area (Å²) in [6.45, 7) is 0. The van der Waals surface area contributed by atoms with Crippen molar-refractivity contribution in [3.8, 4) is 0 Å². The van der Waals surface area contributed by atoms with Crippen molar-refractivity contribution in [2.75, 3.05) is 0 Å². The van der Waals surface area contributed by atoms with Crippen LogP contribution < -0.4 is 0 Å². The van der Waals surface area contributed by atoms with E-state index in [2.05, 4.69) is 4.98 Å². The molecule has 72 valence electrons. The number of halogens is 5. The van der Waals surface area contributed by atoms with Crippen molar-refractivity contribution in [2.24, 2.45) is 0 Å². The van der Waals surface area contributed by atoms with Gasteiger partial charge in [-0.3, -0.25) is 0 Å². The molecule has 1 aromatic rings. The summed E-state index contributed by atoms with van der Waals surface area (Å²) in [4.78, 5) is 3.10. The highest BCUT2D eigenvalue weighted by Gasteiger charge is 2.15. The Morgan fingerprint density at radius 2 is 2.15 bits per heavy atom. The Balaban J connectivity index is 3.20. The fourth-order valence-corrected chi connectivity index (χ4v) is 1.97. The zero-order chi connectivity index (χ0) is 10.0. The zero-order valence-electron chi connectivity index (χ0n) is 6.20. The second kappa shape index (κ2) is 4.45. The zero-order valence-corrected chi connectivity index (χ0v) is 9.11. The van der Waals surface area contributed by atoms with Gasteiger partial charge < -0.3 is 0 Å². The minimum atomic E-state index is -2.76. The lowest BCUT2D eigenvalue weighted by atomic mass is 10.2. The van der Waals surface area contributed by atoms with E-state index in [1.54, 1.807) is 22.6 Å². The molecule has 0 saturated heterocycles. The lowest BCUT2D eigenvalue weighted by molar-refractivity contribution is 0.144. The average Bonchev–Trinajstić information content (AvgIpc) is 2.03. The largest absolute Gasteiger partial charge is 0.280 e. The predicted molar refractivity (Wildman–Crippen MR) is 51.4 cm³/mol. The summed E-state index contributed by atoms with van der Waals surface area (Å²) in [5, 5.41) is 0. The van der Waals surface area contributed by atoms with Gasteiger partial charge in [0, 0.05) is 9.13 Å². The van der Waals surface area contributed by atoms with Gasteiger partial charge in [0.1, 0.15) is 5.69 Å². The summed E-state index contributed by atoms with van der Waals surface area (Å²) >= 11 is 7.14. The molecule has 0 amide bonds. The fraction of sp³-hybridized carbons (Fsp3) is 0.286. The number of hydrogen-bond acceptors (Lipinski definition) is 1. The van der Waals surface area contributed by atoms with Crippen LogP contribution in [0.15, 0.2) is 6.07 Å². The van der Waals surface area contributed by atoms with Gasteiger partial charge in [0.2, 0.25) is 5.95 Å². The van der Waals surface area contributed by atoms with E-state index < -0.39 is 18.1 Å². The average molecular weight is 321 g/mol. The van der Waals surface area contributed by atoms with Gasteiger partial charge in [-0.1, -0.05) is 0 Å². The third-order valence-corrected chi connectivity index (χ3v) is 2.63. The predicted octanol–water partition coefficient (Wildman–Crippen LogP) is 3.50. The van der Waals surface area contributed by atoms with E-state index in [1.165, 1.54) is 0 Å². The van der Waals surface area contributed by atoms with Crippen LogP contribution in [-0.2, 0) is 5.88 Å². The molecule has 1 nitrogen and oxygen atoms in total. The summed E-state index contributed by atoms with van der Waals surface area (Å²) in [5.74, 6) is -0.988. The minimum absolute atomic E-state index is 0.0688. The Kier molecular flexibility index (Phi) is 3.78. The Labute approximate surface area is 91.4 Å². The normalized spacial score (nSPS) is 10.9. The number of nitrogens with zero attached hydrogens (tertiary/aromatic N) is 1. The van der Waals surface area contributed by atoms with Crippen LogP contribution in [0.4, 0.5) is 13.2 Å². The highest BCUT2D eigenvalue weighted by Crippen LogP contribution is 2.23. The third kappa shape index (κ3) is 2.46. The first-order chi connectivity index (χ1) is 6.06. The molecular formula is C7H4ClF3IN. The number of rotatable bonds is 2. The van der Waals surface area contributed by atoms with Crippen molar-refractivity contribution in [3.05, 3.63) is 26.8 Å². The Hall–Kier alpha value is -0.0400. The summed E-state index contributed by atoms with van der Waals surface area (Å²) in [7, 11) is 0. The van der Waals surface area contributed by atoms with Gasteiger partial charge in [0.05, 0.1) is 5.88 Å². The van der Waals surface area contributed by atoms with Gasteiger partial charge in [0.25, 0.3) is 6.43 Å². The Bertz CT molecular complexity index is 296. The Morgan fingerprint density at radius 3 is 2.54 bits per heavy atom. The second-order valence-corrected chi connectivity index (χ2v) is 3.66. The number of hydrogen-bond donors (Lipinski definition) is 0. The van der Waals surface area contributed by atoms with Gasteiger partial charge in [-0.25, -0.2) is 13.8 Å². The summed E-state index contributed by atoms with van der Waals surface area (Å²) < 4.78 is 37.5. The van der Waals surface area contributed by atoms with Crippen LogP contribution in [0.2, 0.25) is 0 Å². The van der Waals surface area contributed by atoms with Gasteiger partial charge >= 0.3 is 0 Å². The standard InChI is InChI=1S/C7H4ClF3IN/c8-2-3-4(12)1-5(6(9)10)13-7(3)11/h1,6H,2H2. The van der Waals surface area contributed by atoms with Crippen molar-refractivity contribution in [1.29, 1.82) is 0 Å². The van der Waals surface area contributed by atoms with E-state index in [4.69, 9.17) is 11.6 Å². The van der Waals surface area contributed by atoms with Crippen molar-refractivity contribution >= 4 is 34.2 Å². The van der Waals surface area contributed by atoms with Gasteiger partial charge in [-0.15, -0.1) is 11.6 Å². The molecule has 1 heterocycles. The molecule has 0 spiro atoms. The monoisotopic (exact) mass is 321 g/mol. The molecule has 0 radical (unpaired) electrons. The maximum absolute atomic E-state index is 12.9. The molecule has 0 fully saturated rings. The summed E-state index contributed by atoms with van der Waals surface area (Å²) in [5.41, 5.74) is -0.401. The molecule has 0 unspecified atom stereocenters. The van der Waals surface area contributed by atoms with Crippen LogP contribution in [0.3, 0.4) is 0 Å². The Morgan fingerprint density at radius 1 is 1.54 bits per heavy atom. The van der Waals surface area contributed by atoms with E-state index in [0.29, 0.717) is 3.57 Å². The van der Waals surface area contributed by atoms with E-state index in [-0.39, 0.29) is 11.4 Å². The quantitative estimate of drug-likeness (QED) is 0.461. The number of alkyl halides is 3. The molecular weight excluding hydrogens is 317 g/mol. The first-order valence-corrected chi connectivity index (χ1v) is 4.86. The van der Waals surface area contributed by atoms with Crippen LogP contribution in [-0.4, -0.2) is 4.98 Å². The van der Waals surface area contributed by atoms with Crippen molar-refractivity contribution in [3.63, 3.8) is 0 Å². The van der Waals surface area contributed by atoms with E-state index in [0.717, 1.165) is 6.07 Å². The number of pyridine rings is 1. The van der Waals surface area contributed by atoms with Crippen LogP contribution in [0.5, 0.6) is 0 Å². The van der Waals surface area contributed by atoms with Gasteiger partial charge in [0.15, 0.2) is 0 Å². The second-order valence-electron chi connectivity index (χ2n) is 2.23. The fourth-order valence-electron chi connectivity index (χ4n) is 0.759. The first kappa shape index (κ1) is 11.0. The van der Waals surface area contributed by atoms with Crippen LogP contribution in [0, 0.1) is 9.52 Å². The molecule has 0 bridgehead atoms. The smallest absolute Gasteiger partial charge is 0.218 e. The molecule has 0 N–H and O–H groups in total. The van der Waals surface area contributed by atoms with E-state index >= 15 is 0 Å². The molecule has 1 aromatic heterocycles. The van der Waals surface area contributed by atoms with Crippen LogP contribution >= 0.6 is 34.2 Å². The van der Waals surface area contributed by atoms with Crippen LogP contribution in [0.1, 0.15) is 17.7 Å². The first-order valence-electron chi connectivity index (χ1n) is 3.25. The maximum Gasteiger partial charge on any atom is 0.280 e. The maximum atomic E-state index is 12.9. The molecule has 0 aliphatic carbocycles. The van der Waals surface area contributed by atoms with Gasteiger partial charge in [-0.2, -0.15) is 4.39 Å². The molecule has 13 heavy (non-hydrogen) atoms. The van der Waals surface area contributed by atoms with Crippen LogP contribution in [0.25, 0.3) is 0 Å². The van der Waals surface area contributed by atoms with Crippen molar-refractivity contribution in [1.82, 2.24) is 4.98 Å². The lowest BCUT2D eigenvalue weighted by Gasteiger charge is -2.04. The third-order valence-electron chi connectivity index (χ3n) is 1.40. The molecule has 0 aliphatic rings. The summed E-state index contributed by atoms with van der Waals surface area (Å²) in [6.07, 6.45) is -2.76. The van der Waals surface area contributed by atoms with Crippen molar-refractivity contribution in [2.45, 2.75) is 12.3 Å². The molecule has 6 heteroatoms. The van der Waals surface area contributed by atoms with E-state index in [9.17, 15) is 13.2 Å². The molecule has 0 atom stereocenters. The highest BCUT2D eigenvalue weighted by atomic mass is 127. The van der Waals surface area contributed by atoms with Crippen molar-refractivity contribution < 1.29 is 13.2 Å². The number of aromatic nitrogens is 1. The topological polar surface area (TPSA) is 12.9 Å². The SMILES string of the molecule is Fc1nc(C(F)F)cc(I)c1CCl. The van der Waals surface area contributed by atoms with Gasteiger partial charge in [-0.05, 0) is 28.7 Å². The molecule has 1 rings (SSSR count). The van der Waals surface area contributed by atoms with E-state index in [1.807, 2.05) is 0 Å². The lowest BCUT2D eigenvalue weighted by Crippen LogP contribution is -2.00. The molecule has 0 aliphatic heterocycles.